The zero-order valence-electron chi connectivity index (χ0n) is 12.8. The molecule has 1 rings (SSSR count). The van der Waals surface area contributed by atoms with Gasteiger partial charge in [0.05, 0.1) is 8.80 Å². The van der Waals surface area contributed by atoms with Gasteiger partial charge in [0, 0.05) is 6.04 Å². The summed E-state index contributed by atoms with van der Waals surface area (Å²) in [5, 5.41) is 0. The lowest BCUT2D eigenvalue weighted by Gasteiger charge is -2.27. The molecule has 1 atom stereocenters. The second-order valence-electron chi connectivity index (χ2n) is 6.23. The van der Waals surface area contributed by atoms with Crippen LogP contribution in [0.5, 0.6) is 0 Å². The highest BCUT2D eigenvalue weighted by atomic mass is 28.3. The molecule has 1 unspecified atom stereocenters. The van der Waals surface area contributed by atoms with E-state index in [2.05, 4.69) is 36.7 Å². The molecule has 0 aromatic rings. The summed E-state index contributed by atoms with van der Waals surface area (Å²) < 4.78 is 0. The molecule has 0 amide bonds. The van der Waals surface area contributed by atoms with Crippen molar-refractivity contribution in [3.8, 4) is 0 Å². The Hall–Kier alpha value is -0.0831. The summed E-state index contributed by atoms with van der Waals surface area (Å²) in [6.07, 6.45) is 14.0. The largest absolute Gasteiger partial charge is 0.297 e. The Morgan fingerprint density at radius 3 is 1.72 bits per heavy atom. The molecule has 18 heavy (non-hydrogen) atoms. The first-order valence-corrected chi connectivity index (χ1v) is 11.1. The molecule has 0 N–H and O–H groups in total. The zero-order valence-corrected chi connectivity index (χ0v) is 14.0. The Bertz CT molecular complexity index is 213. The topological polar surface area (TPSA) is 3.24 Å². The number of hydrogen-bond donors (Lipinski definition) is 0. The third kappa shape index (κ3) is 7.37. The molecule has 1 aliphatic heterocycles. The van der Waals surface area contributed by atoms with Crippen molar-refractivity contribution in [3.63, 3.8) is 0 Å². The van der Waals surface area contributed by atoms with E-state index in [9.17, 15) is 0 Å². The molecule has 106 valence electrons. The maximum absolute atomic E-state index is 2.71. The van der Waals surface area contributed by atoms with Crippen LogP contribution in [0.4, 0.5) is 0 Å². The van der Waals surface area contributed by atoms with Gasteiger partial charge in [0.15, 0.2) is 0 Å². The van der Waals surface area contributed by atoms with Crippen molar-refractivity contribution < 1.29 is 0 Å². The van der Waals surface area contributed by atoms with E-state index in [0.29, 0.717) is 6.04 Å². The summed E-state index contributed by atoms with van der Waals surface area (Å²) in [7, 11) is -0.532. The number of nitrogens with zero attached hydrogens (tertiary/aromatic N) is 1. The Morgan fingerprint density at radius 2 is 1.28 bits per heavy atom. The minimum Gasteiger partial charge on any atom is -0.297 e. The summed E-state index contributed by atoms with van der Waals surface area (Å²) in [6, 6.07) is 0.653. The van der Waals surface area contributed by atoms with Crippen LogP contribution in [0.25, 0.3) is 0 Å². The van der Waals surface area contributed by atoms with Crippen molar-refractivity contribution in [2.45, 2.75) is 77.4 Å². The van der Waals surface area contributed by atoms with Gasteiger partial charge in [-0.1, -0.05) is 57.7 Å². The molecule has 0 aromatic carbocycles. The predicted octanol–water partition coefficient (Wildman–Crippen LogP) is 4.39. The molecular formula is C16H33NSi. The summed E-state index contributed by atoms with van der Waals surface area (Å²) in [4.78, 5) is 2.71. The van der Waals surface area contributed by atoms with Crippen molar-refractivity contribution >= 4 is 8.80 Å². The third-order valence-electron chi connectivity index (χ3n) is 3.99. The van der Waals surface area contributed by atoms with Gasteiger partial charge < -0.3 is 0 Å². The Balaban J connectivity index is 2.42. The van der Waals surface area contributed by atoms with Gasteiger partial charge in [-0.05, 0) is 32.9 Å². The quantitative estimate of drug-likeness (QED) is 0.685. The Morgan fingerprint density at radius 1 is 0.833 bits per heavy atom. The average Bonchev–Trinajstić information content (AvgIpc) is 2.40. The highest BCUT2D eigenvalue weighted by molar-refractivity contribution is 6.61. The highest BCUT2D eigenvalue weighted by Crippen LogP contribution is 2.14. The molecule has 0 saturated carbocycles. The third-order valence-corrected chi connectivity index (χ3v) is 4.98. The van der Waals surface area contributed by atoms with Crippen LogP contribution in [0.2, 0.25) is 13.1 Å². The average molecular weight is 268 g/mol. The minimum absolute atomic E-state index is 0.532. The van der Waals surface area contributed by atoms with Crippen molar-refractivity contribution in [2.75, 3.05) is 13.1 Å². The molecule has 0 spiro atoms. The Labute approximate surface area is 116 Å². The van der Waals surface area contributed by atoms with Crippen LogP contribution < -0.4 is 0 Å². The lowest BCUT2D eigenvalue weighted by molar-refractivity contribution is 0.232. The van der Waals surface area contributed by atoms with E-state index >= 15 is 0 Å². The molecule has 1 nitrogen and oxygen atoms in total. The van der Waals surface area contributed by atoms with E-state index in [1.807, 2.05) is 0 Å². The fraction of sp³-hybridized carbons (Fsp3) is 0.875. The number of rotatable bonds is 3. The number of hydrogen-bond acceptors (Lipinski definition) is 1. The fourth-order valence-electron chi connectivity index (χ4n) is 2.71. The molecule has 1 fully saturated rings. The van der Waals surface area contributed by atoms with E-state index in [-0.39, 0.29) is 0 Å². The second-order valence-corrected chi connectivity index (χ2v) is 9.11. The van der Waals surface area contributed by atoms with Crippen LogP contribution in [0, 0.1) is 0 Å². The lowest BCUT2D eigenvalue weighted by atomic mass is 10.1. The molecule has 1 saturated heterocycles. The van der Waals surface area contributed by atoms with Gasteiger partial charge in [-0.2, -0.15) is 0 Å². The molecule has 1 aliphatic rings. The molecule has 1 heterocycles. The van der Waals surface area contributed by atoms with Gasteiger partial charge >= 0.3 is 0 Å². The van der Waals surface area contributed by atoms with Crippen LogP contribution in [0.1, 0.15) is 58.3 Å². The standard InChI is InChI=1S/C16H33NSi/c1-16(12-15-18(2)3)17-13-10-8-6-4-5-7-9-11-14-17/h12,15-16,18H,4-11,13-14H2,1-3H3. The van der Waals surface area contributed by atoms with Gasteiger partial charge in [0.1, 0.15) is 0 Å². The van der Waals surface area contributed by atoms with Gasteiger partial charge in [-0.25, -0.2) is 0 Å². The first-order chi connectivity index (χ1) is 8.70. The maximum atomic E-state index is 2.71. The summed E-state index contributed by atoms with van der Waals surface area (Å²) in [5.41, 5.74) is 2.50. The second kappa shape index (κ2) is 9.80. The fourth-order valence-corrected chi connectivity index (χ4v) is 3.48. The molecule has 0 bridgehead atoms. The highest BCUT2D eigenvalue weighted by Gasteiger charge is 2.11. The van der Waals surface area contributed by atoms with Crippen molar-refractivity contribution in [1.82, 2.24) is 4.90 Å². The summed E-state index contributed by atoms with van der Waals surface area (Å²) >= 11 is 0. The van der Waals surface area contributed by atoms with Gasteiger partial charge in [-0.15, -0.1) is 5.70 Å². The minimum atomic E-state index is -0.532. The predicted molar refractivity (Wildman–Crippen MR) is 86.0 cm³/mol. The SMILES string of the molecule is CC(C=C[SiH](C)C)N1CCCCCCCCCC1. The van der Waals surface area contributed by atoms with Crippen LogP contribution >= 0.6 is 0 Å². The van der Waals surface area contributed by atoms with Crippen molar-refractivity contribution in [1.29, 1.82) is 0 Å². The first-order valence-electron chi connectivity index (χ1n) is 8.12. The van der Waals surface area contributed by atoms with E-state index in [4.69, 9.17) is 0 Å². The molecule has 0 aromatic heterocycles. The van der Waals surface area contributed by atoms with Crippen LogP contribution in [-0.2, 0) is 0 Å². The van der Waals surface area contributed by atoms with Crippen LogP contribution in [0.15, 0.2) is 11.8 Å². The summed E-state index contributed by atoms with van der Waals surface area (Å²) in [6.45, 7) is 9.80. The Kier molecular flexibility index (Phi) is 8.69. The molecule has 0 radical (unpaired) electrons. The van der Waals surface area contributed by atoms with Crippen molar-refractivity contribution in [2.24, 2.45) is 0 Å². The zero-order chi connectivity index (χ0) is 13.2. The van der Waals surface area contributed by atoms with Gasteiger partial charge in [0.2, 0.25) is 0 Å². The van der Waals surface area contributed by atoms with E-state index in [0.717, 1.165) is 0 Å². The molecule has 2 heteroatoms. The van der Waals surface area contributed by atoms with E-state index in [1.54, 1.807) is 0 Å². The van der Waals surface area contributed by atoms with E-state index < -0.39 is 8.80 Å². The molecule has 0 aliphatic carbocycles. The van der Waals surface area contributed by atoms with E-state index in [1.165, 1.54) is 64.5 Å². The smallest absolute Gasteiger partial charge is 0.0550 e. The van der Waals surface area contributed by atoms with Gasteiger partial charge in [0.25, 0.3) is 0 Å². The van der Waals surface area contributed by atoms with Crippen LogP contribution in [0.3, 0.4) is 0 Å². The monoisotopic (exact) mass is 267 g/mol. The first kappa shape index (κ1) is 16.0. The van der Waals surface area contributed by atoms with Crippen molar-refractivity contribution in [3.05, 3.63) is 11.8 Å². The maximum Gasteiger partial charge on any atom is 0.0550 e. The van der Waals surface area contributed by atoms with Crippen LogP contribution in [-0.4, -0.2) is 32.8 Å². The molecular weight excluding hydrogens is 234 g/mol. The summed E-state index contributed by atoms with van der Waals surface area (Å²) in [5.74, 6) is 0. The lowest BCUT2D eigenvalue weighted by Crippen LogP contribution is -2.33. The normalized spacial score (nSPS) is 23.1. The van der Waals surface area contributed by atoms with Gasteiger partial charge in [-0.3, -0.25) is 4.90 Å².